The molecule has 0 aromatic heterocycles. The highest BCUT2D eigenvalue weighted by atomic mass is 127. The first-order valence-corrected chi connectivity index (χ1v) is 7.99. The van der Waals surface area contributed by atoms with Gasteiger partial charge in [0.25, 0.3) is 0 Å². The van der Waals surface area contributed by atoms with Crippen molar-refractivity contribution < 1.29 is 0 Å². The van der Waals surface area contributed by atoms with Crippen LogP contribution in [0.3, 0.4) is 0 Å². The van der Waals surface area contributed by atoms with E-state index >= 15 is 0 Å². The topological polar surface area (TPSA) is 12.0 Å². The molecule has 1 N–H and O–H groups in total. The van der Waals surface area contributed by atoms with Crippen LogP contribution in [0.1, 0.15) is 58.6 Å². The maximum absolute atomic E-state index is 3.69. The van der Waals surface area contributed by atoms with Gasteiger partial charge in [-0.1, -0.05) is 45.9 Å². The lowest BCUT2D eigenvalue weighted by Crippen LogP contribution is -2.24. The third-order valence-corrected chi connectivity index (χ3v) is 4.09. The average Bonchev–Trinajstić information content (AvgIpc) is 2.29. The van der Waals surface area contributed by atoms with E-state index in [0.717, 1.165) is 6.54 Å². The molecule has 0 heterocycles. The molecular formula is C16H26IN. The Hall–Kier alpha value is -0.0900. The lowest BCUT2D eigenvalue weighted by Gasteiger charge is -2.25. The molecular weight excluding hydrogens is 333 g/mol. The Morgan fingerprint density at radius 3 is 2.44 bits per heavy atom. The van der Waals surface area contributed by atoms with Gasteiger partial charge in [0, 0.05) is 9.61 Å². The minimum absolute atomic E-state index is 0.409. The van der Waals surface area contributed by atoms with E-state index in [-0.39, 0.29) is 0 Å². The molecule has 1 aromatic carbocycles. The highest BCUT2D eigenvalue weighted by Gasteiger charge is 2.17. The molecule has 0 aliphatic rings. The zero-order valence-corrected chi connectivity index (χ0v) is 14.3. The quantitative estimate of drug-likeness (QED) is 0.692. The molecule has 1 nitrogen and oxygen atoms in total. The van der Waals surface area contributed by atoms with Crippen LogP contribution in [-0.2, 0) is 0 Å². The molecule has 0 radical (unpaired) electrons. The lowest BCUT2D eigenvalue weighted by molar-refractivity contribution is 0.332. The predicted molar refractivity (Wildman–Crippen MR) is 88.9 cm³/mol. The first-order chi connectivity index (χ1) is 8.44. The van der Waals surface area contributed by atoms with Crippen LogP contribution in [0.2, 0.25) is 0 Å². The van der Waals surface area contributed by atoms with Gasteiger partial charge in [-0.2, -0.15) is 0 Å². The van der Waals surface area contributed by atoms with E-state index in [1.165, 1.54) is 28.4 Å². The molecule has 0 spiro atoms. The Morgan fingerprint density at radius 1 is 1.22 bits per heavy atom. The van der Waals surface area contributed by atoms with E-state index in [2.05, 4.69) is 79.9 Å². The van der Waals surface area contributed by atoms with Crippen LogP contribution in [0.5, 0.6) is 0 Å². The fourth-order valence-corrected chi connectivity index (χ4v) is 2.78. The van der Waals surface area contributed by atoms with Crippen molar-refractivity contribution in [3.63, 3.8) is 0 Å². The molecule has 0 bridgehead atoms. The molecule has 1 rings (SSSR count). The summed E-state index contributed by atoms with van der Waals surface area (Å²) in [4.78, 5) is 0. The van der Waals surface area contributed by atoms with Gasteiger partial charge in [0.15, 0.2) is 0 Å². The van der Waals surface area contributed by atoms with Crippen LogP contribution >= 0.6 is 22.6 Å². The molecule has 0 saturated carbocycles. The summed E-state index contributed by atoms with van der Waals surface area (Å²) in [5, 5.41) is 3.69. The lowest BCUT2D eigenvalue weighted by atomic mass is 9.87. The second-order valence-electron chi connectivity index (χ2n) is 6.13. The number of hydrogen-bond acceptors (Lipinski definition) is 1. The third-order valence-electron chi connectivity index (χ3n) is 3.10. The molecule has 1 aromatic rings. The average molecular weight is 359 g/mol. The first-order valence-electron chi connectivity index (χ1n) is 6.92. The van der Waals surface area contributed by atoms with Crippen molar-refractivity contribution in [2.45, 2.75) is 53.0 Å². The summed E-state index contributed by atoms with van der Waals surface area (Å²) in [5.74, 6) is 0. The van der Waals surface area contributed by atoms with Gasteiger partial charge in [0.1, 0.15) is 0 Å². The first kappa shape index (κ1) is 16.0. The van der Waals surface area contributed by atoms with Crippen molar-refractivity contribution in [3.05, 3.63) is 33.4 Å². The van der Waals surface area contributed by atoms with Gasteiger partial charge in [0.05, 0.1) is 0 Å². The summed E-state index contributed by atoms with van der Waals surface area (Å²) in [6.45, 7) is 10.3. The smallest absolute Gasteiger partial charge is 0.0330 e. The molecule has 0 amide bonds. The van der Waals surface area contributed by atoms with Crippen molar-refractivity contribution >= 4 is 22.6 Å². The molecule has 1 unspecified atom stereocenters. The van der Waals surface area contributed by atoms with Crippen LogP contribution in [0.15, 0.2) is 24.3 Å². The second kappa shape index (κ2) is 7.49. The summed E-state index contributed by atoms with van der Waals surface area (Å²) in [6.07, 6.45) is 3.65. The Balaban J connectivity index is 2.75. The van der Waals surface area contributed by atoms with Gasteiger partial charge in [-0.25, -0.2) is 0 Å². The molecule has 0 aliphatic carbocycles. The number of hydrogen-bond donors (Lipinski definition) is 1. The van der Waals surface area contributed by atoms with E-state index in [9.17, 15) is 0 Å². The Kier molecular flexibility index (Phi) is 6.64. The van der Waals surface area contributed by atoms with Crippen molar-refractivity contribution in [1.82, 2.24) is 5.32 Å². The van der Waals surface area contributed by atoms with E-state index in [1.807, 2.05) is 0 Å². The Bertz CT molecular complexity index is 354. The number of halogens is 1. The molecule has 1 atom stereocenters. The molecule has 0 aliphatic heterocycles. The SMILES string of the molecule is CCCNC(CCC(C)(C)C)c1ccccc1I. The zero-order valence-electron chi connectivity index (χ0n) is 12.1. The van der Waals surface area contributed by atoms with Crippen molar-refractivity contribution in [2.24, 2.45) is 5.41 Å². The van der Waals surface area contributed by atoms with E-state index < -0.39 is 0 Å². The van der Waals surface area contributed by atoms with Crippen LogP contribution in [-0.4, -0.2) is 6.54 Å². The van der Waals surface area contributed by atoms with Gasteiger partial charge < -0.3 is 5.32 Å². The molecule has 18 heavy (non-hydrogen) atoms. The third kappa shape index (κ3) is 5.70. The standard InChI is InChI=1S/C16H26IN/c1-5-12-18-15(10-11-16(2,3)4)13-8-6-7-9-14(13)17/h6-9,15,18H,5,10-12H2,1-4H3. The number of nitrogens with one attached hydrogen (secondary N) is 1. The van der Waals surface area contributed by atoms with Crippen molar-refractivity contribution in [3.8, 4) is 0 Å². The molecule has 0 saturated heterocycles. The maximum atomic E-state index is 3.69. The maximum Gasteiger partial charge on any atom is 0.0330 e. The van der Waals surface area contributed by atoms with Crippen LogP contribution in [0.25, 0.3) is 0 Å². The summed E-state index contributed by atoms with van der Waals surface area (Å²) >= 11 is 2.45. The minimum atomic E-state index is 0.409. The Morgan fingerprint density at radius 2 is 1.89 bits per heavy atom. The van der Waals surface area contributed by atoms with Crippen LogP contribution in [0, 0.1) is 8.99 Å². The summed E-state index contributed by atoms with van der Waals surface area (Å²) in [6, 6.07) is 9.23. The van der Waals surface area contributed by atoms with Gasteiger partial charge in [-0.05, 0) is 65.4 Å². The van der Waals surface area contributed by atoms with Gasteiger partial charge in [-0.3, -0.25) is 0 Å². The largest absolute Gasteiger partial charge is 0.310 e. The van der Waals surface area contributed by atoms with Crippen LogP contribution in [0.4, 0.5) is 0 Å². The molecule has 2 heteroatoms. The number of rotatable bonds is 6. The van der Waals surface area contributed by atoms with Crippen LogP contribution < -0.4 is 5.32 Å². The van der Waals surface area contributed by atoms with Gasteiger partial charge in [-0.15, -0.1) is 0 Å². The van der Waals surface area contributed by atoms with Crippen molar-refractivity contribution in [1.29, 1.82) is 0 Å². The van der Waals surface area contributed by atoms with E-state index in [4.69, 9.17) is 0 Å². The van der Waals surface area contributed by atoms with Crippen molar-refractivity contribution in [2.75, 3.05) is 6.54 Å². The zero-order chi connectivity index (χ0) is 13.6. The highest BCUT2D eigenvalue weighted by molar-refractivity contribution is 14.1. The fourth-order valence-electron chi connectivity index (χ4n) is 2.02. The van der Waals surface area contributed by atoms with E-state index in [0.29, 0.717) is 11.5 Å². The fraction of sp³-hybridized carbons (Fsp3) is 0.625. The summed E-state index contributed by atoms with van der Waals surface area (Å²) in [5.41, 5.74) is 1.86. The summed E-state index contributed by atoms with van der Waals surface area (Å²) in [7, 11) is 0. The van der Waals surface area contributed by atoms with Gasteiger partial charge >= 0.3 is 0 Å². The second-order valence-corrected chi connectivity index (χ2v) is 7.29. The predicted octanol–water partition coefficient (Wildman–Crippen LogP) is 5.16. The monoisotopic (exact) mass is 359 g/mol. The molecule has 0 fully saturated rings. The normalized spacial score (nSPS) is 13.6. The number of benzene rings is 1. The minimum Gasteiger partial charge on any atom is -0.310 e. The highest BCUT2D eigenvalue weighted by Crippen LogP contribution is 2.29. The Labute approximate surface area is 126 Å². The summed E-state index contributed by atoms with van der Waals surface area (Å²) < 4.78 is 1.37. The molecule has 102 valence electrons. The van der Waals surface area contributed by atoms with E-state index in [1.54, 1.807) is 0 Å². The van der Waals surface area contributed by atoms with Gasteiger partial charge in [0.2, 0.25) is 0 Å².